The summed E-state index contributed by atoms with van der Waals surface area (Å²) in [4.78, 5) is 59.8. The van der Waals surface area contributed by atoms with Crippen molar-refractivity contribution < 1.29 is 38.0 Å². The maximum atomic E-state index is 15.4. The second kappa shape index (κ2) is 12.0. The second-order valence-electron chi connectivity index (χ2n) is 8.63. The van der Waals surface area contributed by atoms with Crippen molar-refractivity contribution in [2.24, 2.45) is 4.85 Å². The Bertz CT molecular complexity index is 1220. The average Bonchev–Trinajstić information content (AvgIpc) is 3.05. The van der Waals surface area contributed by atoms with Gasteiger partial charge in [-0.2, -0.15) is 0 Å². The van der Waals surface area contributed by atoms with Crippen molar-refractivity contribution in [1.29, 1.82) is 0 Å². The lowest BCUT2D eigenvalue weighted by Crippen LogP contribution is -2.44. The van der Waals surface area contributed by atoms with Gasteiger partial charge in [-0.15, -0.1) is 0 Å². The number of esters is 1. The van der Waals surface area contributed by atoms with Gasteiger partial charge in [-0.1, -0.05) is 18.2 Å². The van der Waals surface area contributed by atoms with E-state index in [4.69, 9.17) is 18.8 Å². The predicted molar refractivity (Wildman–Crippen MR) is 126 cm³/mol. The fourth-order valence-corrected chi connectivity index (χ4v) is 4.10. The summed E-state index contributed by atoms with van der Waals surface area (Å²) in [6, 6.07) is 7.94. The molecule has 0 saturated carbocycles. The second-order valence-corrected chi connectivity index (χ2v) is 9.47. The van der Waals surface area contributed by atoms with Crippen molar-refractivity contribution in [2.75, 3.05) is 6.61 Å². The van der Waals surface area contributed by atoms with Crippen LogP contribution in [0.4, 0.5) is 4.39 Å². The molecule has 15 heteroatoms. The van der Waals surface area contributed by atoms with Crippen molar-refractivity contribution in [3.05, 3.63) is 63.4 Å². The first-order valence-corrected chi connectivity index (χ1v) is 12.4. The van der Waals surface area contributed by atoms with Crippen LogP contribution in [0.3, 0.4) is 0 Å². The number of carbonyl (C=O) groups excluding carboxylic acids is 1. The van der Waals surface area contributed by atoms with E-state index in [1.165, 1.54) is 6.92 Å². The molecule has 0 bridgehead atoms. The molecular weight excluding hydrogens is 514 g/mol. The highest BCUT2D eigenvalue weighted by Gasteiger charge is 2.55. The molecule has 1 unspecified atom stereocenters. The van der Waals surface area contributed by atoms with Crippen molar-refractivity contribution in [1.82, 2.24) is 14.7 Å². The topological polar surface area (TPSA) is 168 Å². The van der Waals surface area contributed by atoms with Crippen LogP contribution in [0.1, 0.15) is 33.9 Å². The highest BCUT2D eigenvalue weighted by atomic mass is 31.1. The van der Waals surface area contributed by atoms with Crippen LogP contribution in [-0.4, -0.2) is 62.4 Å². The number of aromatic amines is 1. The lowest BCUT2D eigenvalue weighted by molar-refractivity contribution is -0.225. The largest absolute Gasteiger partial charge is 0.574 e. The number of aliphatic hydroxyl groups excluding tert-OH is 1. The van der Waals surface area contributed by atoms with Gasteiger partial charge < -0.3 is 19.5 Å². The smallest absolute Gasteiger partial charge is 0.415 e. The van der Waals surface area contributed by atoms with E-state index in [9.17, 15) is 24.4 Å². The van der Waals surface area contributed by atoms with Crippen LogP contribution in [0.25, 0.3) is 0 Å². The minimum Gasteiger partial charge on any atom is -0.574 e. The van der Waals surface area contributed by atoms with E-state index in [2.05, 4.69) is 4.85 Å². The Kier molecular flexibility index (Phi) is 9.29. The first kappa shape index (κ1) is 28.6. The van der Waals surface area contributed by atoms with Crippen LogP contribution in [0, 0.1) is 0 Å². The Morgan fingerprint density at radius 1 is 1.32 bits per heavy atom. The zero-order valence-electron chi connectivity index (χ0n) is 20.5. The molecule has 2 aromatic rings. The molecule has 6 atom stereocenters. The van der Waals surface area contributed by atoms with E-state index in [-0.39, 0.29) is 5.75 Å². The van der Waals surface area contributed by atoms with Gasteiger partial charge >= 0.3 is 19.8 Å². The number of alkyl halides is 1. The van der Waals surface area contributed by atoms with Crippen LogP contribution >= 0.6 is 8.17 Å². The lowest BCUT2D eigenvalue weighted by atomic mass is 9.98. The Morgan fingerprint density at radius 2 is 2.00 bits per heavy atom. The van der Waals surface area contributed by atoms with E-state index < -0.39 is 68.2 Å². The molecule has 1 aliphatic rings. The molecule has 1 aliphatic heterocycles. The monoisotopic (exact) mass is 542 g/mol. The summed E-state index contributed by atoms with van der Waals surface area (Å²) in [6.45, 7) is 5.10. The van der Waals surface area contributed by atoms with Gasteiger partial charge in [-0.25, -0.2) is 9.18 Å². The van der Waals surface area contributed by atoms with Gasteiger partial charge in [0.05, 0.1) is 17.6 Å². The van der Waals surface area contributed by atoms with E-state index in [0.717, 1.165) is 23.8 Å². The number of para-hydroxylation sites is 1. The third-order valence-corrected chi connectivity index (χ3v) is 5.99. The molecule has 1 fully saturated rings. The molecule has 0 spiro atoms. The predicted octanol–water partition coefficient (Wildman–Crippen LogP) is 0.947. The standard InChI is InChI=1S/C22H28FN4O9P/c1-13(2)34-19(30)14(3)27(25-37(32)36-15-8-6-5-7-9-15)33-12-16-18(29)22(4,23)20(35-16)26-11-10-17(28)24-21(26)31/h5-11,13-14,16,18,20,29H,12H2,1-4H3,(H,24,28,31)/t14-,16+,18+,20+,22+/m0/s1. The SMILES string of the molecule is CC(C)OC(=O)[C@H](C)N(/N=[P+](\[O-])Oc1ccccc1)OC[C@H]1O[C@@H](n2ccc(=O)[nH]c2=O)[C@](C)(F)[C@@H]1O. The first-order valence-electron chi connectivity index (χ1n) is 11.3. The highest BCUT2D eigenvalue weighted by molar-refractivity contribution is 7.33. The maximum Gasteiger partial charge on any atom is 0.415 e. The molecule has 3 rings (SSSR count). The van der Waals surface area contributed by atoms with Gasteiger partial charge in [-0.05, 0) is 45.0 Å². The van der Waals surface area contributed by atoms with Crippen LogP contribution in [-0.2, 0) is 19.1 Å². The Morgan fingerprint density at radius 3 is 2.62 bits per heavy atom. The summed E-state index contributed by atoms with van der Waals surface area (Å²) in [5, 5.41) is 11.2. The van der Waals surface area contributed by atoms with Gasteiger partial charge in [0, 0.05) is 12.3 Å². The van der Waals surface area contributed by atoms with Gasteiger partial charge in [0.25, 0.3) is 5.56 Å². The first-order chi connectivity index (χ1) is 17.4. The molecule has 202 valence electrons. The highest BCUT2D eigenvalue weighted by Crippen LogP contribution is 2.40. The van der Waals surface area contributed by atoms with Gasteiger partial charge in [0.1, 0.15) is 12.2 Å². The molecule has 1 saturated heterocycles. The summed E-state index contributed by atoms with van der Waals surface area (Å²) < 4.78 is 32.2. The number of aromatic nitrogens is 2. The summed E-state index contributed by atoms with van der Waals surface area (Å²) >= 11 is 0. The number of benzene rings is 1. The number of rotatable bonds is 10. The third-order valence-electron chi connectivity index (χ3n) is 5.30. The number of nitrogens with zero attached hydrogens (tertiary/aromatic N) is 3. The Balaban J connectivity index is 1.79. The molecule has 0 amide bonds. The van der Waals surface area contributed by atoms with Crippen molar-refractivity contribution >= 4 is 14.1 Å². The van der Waals surface area contributed by atoms with Crippen molar-refractivity contribution in [3.63, 3.8) is 0 Å². The molecular formula is C22H28FN4O9P. The van der Waals surface area contributed by atoms with Gasteiger partial charge in [0.15, 0.2) is 23.7 Å². The van der Waals surface area contributed by atoms with Crippen LogP contribution in [0.15, 0.2) is 57.0 Å². The normalized spacial score (nSPS) is 24.9. The average molecular weight is 542 g/mol. The number of hydrogen-bond donors (Lipinski definition) is 2. The number of aliphatic hydroxyl groups is 1. The van der Waals surface area contributed by atoms with E-state index >= 15 is 4.39 Å². The number of halogens is 1. The zero-order valence-corrected chi connectivity index (χ0v) is 21.4. The van der Waals surface area contributed by atoms with Crippen LogP contribution in [0.2, 0.25) is 0 Å². The number of nitrogens with one attached hydrogen (secondary N) is 1. The fourth-order valence-electron chi connectivity index (χ4n) is 3.41. The van der Waals surface area contributed by atoms with Crippen LogP contribution in [0.5, 0.6) is 5.75 Å². The molecule has 0 aliphatic carbocycles. The minimum absolute atomic E-state index is 0.252. The minimum atomic E-state index is -2.77. The molecule has 2 heterocycles. The summed E-state index contributed by atoms with van der Waals surface area (Å²) in [5.41, 5.74) is -4.10. The number of H-pyrrole nitrogens is 1. The van der Waals surface area contributed by atoms with Gasteiger partial charge in [-0.3, -0.25) is 28.5 Å². The molecule has 37 heavy (non-hydrogen) atoms. The number of hydrogen-bond acceptors (Lipinski definition) is 10. The molecule has 1 aromatic carbocycles. The molecule has 1 aromatic heterocycles. The van der Waals surface area contributed by atoms with Crippen molar-refractivity contribution in [2.45, 2.75) is 63.9 Å². The Hall–Kier alpha value is -3.00. The Labute approximate surface area is 211 Å². The van der Waals surface area contributed by atoms with E-state index in [1.807, 2.05) is 4.98 Å². The zero-order chi connectivity index (χ0) is 27.3. The number of ether oxygens (including phenoxy) is 2. The fraction of sp³-hybridized carbons (Fsp3) is 0.500. The van der Waals surface area contributed by atoms with E-state index in [0.29, 0.717) is 5.17 Å². The quantitative estimate of drug-likeness (QED) is 0.251. The van der Waals surface area contributed by atoms with Gasteiger partial charge in [0.2, 0.25) is 0 Å². The number of carbonyl (C=O) groups is 1. The third kappa shape index (κ3) is 7.06. The summed E-state index contributed by atoms with van der Waals surface area (Å²) in [6.07, 6.45) is -4.17. The van der Waals surface area contributed by atoms with Crippen molar-refractivity contribution in [3.8, 4) is 5.75 Å². The summed E-state index contributed by atoms with van der Waals surface area (Å²) in [5.74, 6) is -0.510. The number of hydroxylamine groups is 1. The molecule has 2 N–H and O–H groups in total. The van der Waals surface area contributed by atoms with E-state index in [1.54, 1.807) is 44.2 Å². The maximum absolute atomic E-state index is 15.4. The summed E-state index contributed by atoms with van der Waals surface area (Å²) in [7, 11) is -2.77. The van der Waals surface area contributed by atoms with Crippen LogP contribution < -0.4 is 20.7 Å². The molecule has 13 nitrogen and oxygen atoms in total. The lowest BCUT2D eigenvalue weighted by Gasteiger charge is -2.25. The molecule has 0 radical (unpaired) electrons.